The molecule has 0 radical (unpaired) electrons. The molecule has 1 aromatic carbocycles. The number of rotatable bonds is 5. The molecule has 1 aliphatic rings. The van der Waals surface area contributed by atoms with Crippen LogP contribution in [-0.4, -0.2) is 30.9 Å². The summed E-state index contributed by atoms with van der Waals surface area (Å²) < 4.78 is 18.1. The van der Waals surface area contributed by atoms with Crippen LogP contribution in [0.4, 0.5) is 16.0 Å². The van der Waals surface area contributed by atoms with Crippen molar-refractivity contribution >= 4 is 22.7 Å². The van der Waals surface area contributed by atoms with Crippen LogP contribution in [0.5, 0.6) is 0 Å². The van der Waals surface area contributed by atoms with Crippen LogP contribution in [0.2, 0.25) is 0 Å². The lowest BCUT2D eigenvalue weighted by Crippen LogP contribution is -2.23. The van der Waals surface area contributed by atoms with Gasteiger partial charge >= 0.3 is 0 Å². The smallest absolute Gasteiger partial charge is 0.278 e. The van der Waals surface area contributed by atoms with Gasteiger partial charge in [-0.05, 0) is 48.4 Å². The predicted octanol–water partition coefficient (Wildman–Crippen LogP) is 3.99. The molecule has 0 bridgehead atoms. The highest BCUT2D eigenvalue weighted by atomic mass is 19.1. The summed E-state index contributed by atoms with van der Waals surface area (Å²) in [6, 6.07) is 7.14. The van der Waals surface area contributed by atoms with Crippen LogP contribution in [0.1, 0.15) is 37.6 Å². The SMILES string of the molecule is C=CCn1c(=O)c2cnc(Nc3cc4c(cc3F)CNCC4)nc2n1-c1ccnc(C(C)(C)C)c1. The summed E-state index contributed by atoms with van der Waals surface area (Å²) in [5, 5.41) is 6.63. The zero-order chi connectivity index (χ0) is 24.7. The summed E-state index contributed by atoms with van der Waals surface area (Å²) in [4.78, 5) is 26.7. The van der Waals surface area contributed by atoms with Crippen molar-refractivity contribution < 1.29 is 4.39 Å². The van der Waals surface area contributed by atoms with E-state index in [9.17, 15) is 9.18 Å². The third-order valence-electron chi connectivity index (χ3n) is 6.16. The van der Waals surface area contributed by atoms with Crippen molar-refractivity contribution in [2.75, 3.05) is 11.9 Å². The zero-order valence-electron chi connectivity index (χ0n) is 20.1. The number of hydrogen-bond acceptors (Lipinski definition) is 6. The molecule has 0 aliphatic carbocycles. The molecule has 1 aliphatic heterocycles. The first-order valence-corrected chi connectivity index (χ1v) is 11.6. The maximum Gasteiger partial charge on any atom is 0.278 e. The Morgan fingerprint density at radius 3 is 2.83 bits per heavy atom. The fraction of sp³-hybridized carbons (Fsp3) is 0.308. The molecule has 0 spiro atoms. The zero-order valence-corrected chi connectivity index (χ0v) is 20.1. The molecule has 8 nitrogen and oxygen atoms in total. The number of fused-ring (bicyclic) bond motifs is 2. The minimum absolute atomic E-state index is 0.177. The molecule has 0 atom stereocenters. The second kappa shape index (κ2) is 8.74. The minimum atomic E-state index is -0.373. The highest BCUT2D eigenvalue weighted by Gasteiger charge is 2.21. The fourth-order valence-electron chi connectivity index (χ4n) is 4.32. The number of pyridine rings is 1. The Kier molecular flexibility index (Phi) is 5.72. The van der Waals surface area contributed by atoms with Crippen molar-refractivity contribution in [3.8, 4) is 5.69 Å². The van der Waals surface area contributed by atoms with E-state index in [-0.39, 0.29) is 22.7 Å². The van der Waals surface area contributed by atoms with Gasteiger partial charge in [-0.25, -0.2) is 18.7 Å². The quantitative estimate of drug-likeness (QED) is 0.426. The van der Waals surface area contributed by atoms with E-state index in [1.807, 2.05) is 18.2 Å². The second-order valence-electron chi connectivity index (χ2n) is 9.72. The normalized spacial score (nSPS) is 13.6. The average molecular weight is 474 g/mol. The molecule has 35 heavy (non-hydrogen) atoms. The van der Waals surface area contributed by atoms with E-state index in [0.717, 1.165) is 35.5 Å². The summed E-state index contributed by atoms with van der Waals surface area (Å²) in [6.45, 7) is 11.8. The second-order valence-corrected chi connectivity index (χ2v) is 9.72. The molecule has 4 heterocycles. The maximum absolute atomic E-state index is 14.8. The van der Waals surface area contributed by atoms with Crippen molar-refractivity contribution in [1.29, 1.82) is 0 Å². The van der Waals surface area contributed by atoms with E-state index in [0.29, 0.717) is 29.8 Å². The summed E-state index contributed by atoms with van der Waals surface area (Å²) in [5.74, 6) is -0.165. The van der Waals surface area contributed by atoms with Crippen molar-refractivity contribution in [3.05, 3.63) is 82.3 Å². The van der Waals surface area contributed by atoms with Crippen LogP contribution >= 0.6 is 0 Å². The van der Waals surface area contributed by atoms with Gasteiger partial charge in [-0.1, -0.05) is 26.8 Å². The third kappa shape index (κ3) is 4.23. The Balaban J connectivity index is 1.64. The molecule has 0 saturated heterocycles. The Labute approximate surface area is 202 Å². The lowest BCUT2D eigenvalue weighted by Gasteiger charge is -2.19. The molecule has 4 aromatic rings. The highest BCUT2D eigenvalue weighted by molar-refractivity contribution is 5.77. The molecule has 0 fully saturated rings. The highest BCUT2D eigenvalue weighted by Crippen LogP contribution is 2.27. The predicted molar refractivity (Wildman–Crippen MR) is 135 cm³/mol. The van der Waals surface area contributed by atoms with Gasteiger partial charge in [0.15, 0.2) is 5.65 Å². The van der Waals surface area contributed by atoms with E-state index < -0.39 is 0 Å². The first-order valence-electron chi connectivity index (χ1n) is 11.6. The lowest BCUT2D eigenvalue weighted by molar-refractivity contribution is 0.563. The molecule has 3 aromatic heterocycles. The van der Waals surface area contributed by atoms with Gasteiger partial charge in [-0.15, -0.1) is 6.58 Å². The summed E-state index contributed by atoms with van der Waals surface area (Å²) in [7, 11) is 0. The molecule has 0 unspecified atom stereocenters. The Morgan fingerprint density at radius 2 is 2.06 bits per heavy atom. The number of hydrogen-bond donors (Lipinski definition) is 2. The number of nitrogens with zero attached hydrogens (tertiary/aromatic N) is 5. The van der Waals surface area contributed by atoms with Gasteiger partial charge in [0.1, 0.15) is 11.2 Å². The largest absolute Gasteiger partial charge is 0.322 e. The standard InChI is InChI=1S/C26H28FN7O/c1-5-10-33-24(35)19-15-30-25(31-21-12-16-6-8-28-14-17(16)11-20(21)27)32-23(19)34(33)18-7-9-29-22(13-18)26(2,3)4/h5,7,9,11-13,15,28H,1,6,8,10,14H2,2-4H3,(H,30,31,32). The van der Waals surface area contributed by atoms with E-state index in [2.05, 4.69) is 52.9 Å². The van der Waals surface area contributed by atoms with E-state index in [4.69, 9.17) is 0 Å². The molecule has 2 N–H and O–H groups in total. The molecule has 5 rings (SSSR count). The minimum Gasteiger partial charge on any atom is -0.322 e. The monoisotopic (exact) mass is 473 g/mol. The molecule has 0 saturated carbocycles. The Morgan fingerprint density at radius 1 is 1.23 bits per heavy atom. The van der Waals surface area contributed by atoms with Crippen molar-refractivity contribution in [3.63, 3.8) is 0 Å². The number of anilines is 2. The number of aromatic nitrogens is 5. The van der Waals surface area contributed by atoms with Gasteiger partial charge in [0.2, 0.25) is 5.95 Å². The van der Waals surface area contributed by atoms with Gasteiger partial charge < -0.3 is 10.6 Å². The number of allylic oxidation sites excluding steroid dienone is 1. The first-order chi connectivity index (χ1) is 16.8. The number of benzene rings is 1. The van der Waals surface area contributed by atoms with Gasteiger partial charge in [-0.3, -0.25) is 9.78 Å². The van der Waals surface area contributed by atoms with E-state index in [1.54, 1.807) is 27.7 Å². The molecule has 180 valence electrons. The molecule has 9 heteroatoms. The van der Waals surface area contributed by atoms with Crippen LogP contribution in [0.3, 0.4) is 0 Å². The first kappa shape index (κ1) is 22.9. The van der Waals surface area contributed by atoms with Gasteiger partial charge in [0.25, 0.3) is 5.56 Å². The van der Waals surface area contributed by atoms with Gasteiger partial charge in [0, 0.05) is 30.0 Å². The average Bonchev–Trinajstić information content (AvgIpc) is 3.10. The van der Waals surface area contributed by atoms with E-state index in [1.165, 1.54) is 6.20 Å². The van der Waals surface area contributed by atoms with Crippen LogP contribution in [0.25, 0.3) is 16.7 Å². The fourth-order valence-corrected chi connectivity index (χ4v) is 4.32. The Hall–Kier alpha value is -3.85. The van der Waals surface area contributed by atoms with Crippen LogP contribution < -0.4 is 16.2 Å². The van der Waals surface area contributed by atoms with E-state index >= 15 is 0 Å². The van der Waals surface area contributed by atoms with Crippen LogP contribution in [0.15, 0.2) is 54.1 Å². The summed E-state index contributed by atoms with van der Waals surface area (Å²) >= 11 is 0. The van der Waals surface area contributed by atoms with Crippen molar-refractivity contribution in [2.24, 2.45) is 0 Å². The van der Waals surface area contributed by atoms with Crippen molar-refractivity contribution in [2.45, 2.75) is 45.7 Å². The van der Waals surface area contributed by atoms with Crippen molar-refractivity contribution in [1.82, 2.24) is 29.6 Å². The molecule has 0 amide bonds. The Bertz CT molecular complexity index is 1500. The number of nitrogens with one attached hydrogen (secondary N) is 2. The van der Waals surface area contributed by atoms with Gasteiger partial charge in [0.05, 0.1) is 17.9 Å². The lowest BCUT2D eigenvalue weighted by atomic mass is 9.91. The topological polar surface area (TPSA) is 89.7 Å². The van der Waals surface area contributed by atoms with Gasteiger partial charge in [-0.2, -0.15) is 4.98 Å². The van der Waals surface area contributed by atoms with Crippen LogP contribution in [-0.2, 0) is 24.9 Å². The molecular weight excluding hydrogens is 445 g/mol. The third-order valence-corrected chi connectivity index (χ3v) is 6.16. The van der Waals surface area contributed by atoms with Crippen LogP contribution in [0, 0.1) is 5.82 Å². The number of halogens is 1. The molecular formula is C26H28FN7O. The summed E-state index contributed by atoms with van der Waals surface area (Å²) in [5.41, 5.74) is 4.00. The summed E-state index contributed by atoms with van der Waals surface area (Å²) in [6.07, 6.45) is 5.69. The maximum atomic E-state index is 14.8.